The maximum atomic E-state index is 14.5. The lowest BCUT2D eigenvalue weighted by Gasteiger charge is -2.30. The molecule has 5 atom stereocenters. The number of hydrogen-bond donors (Lipinski definition) is 3. The van der Waals surface area contributed by atoms with Crippen molar-refractivity contribution < 1.29 is 37.1 Å². The molecule has 16 heteroatoms. The van der Waals surface area contributed by atoms with Crippen LogP contribution in [0.3, 0.4) is 0 Å². The van der Waals surface area contributed by atoms with Gasteiger partial charge in [0.05, 0.1) is 16.8 Å². The van der Waals surface area contributed by atoms with E-state index >= 15 is 0 Å². The molecule has 52 heavy (non-hydrogen) atoms. The number of nitrogens with one attached hydrogen (secondary N) is 3. The highest BCUT2D eigenvalue weighted by molar-refractivity contribution is 7.91. The Balaban J connectivity index is 1.32. The molecule has 5 unspecified atom stereocenters. The van der Waals surface area contributed by atoms with Crippen LogP contribution in [0, 0.1) is 5.92 Å². The largest absolute Gasteiger partial charge is 0.459 e. The van der Waals surface area contributed by atoms with Gasteiger partial charge < -0.3 is 25.0 Å². The molecule has 2 aromatic rings. The third-order valence-electron chi connectivity index (χ3n) is 10.4. The summed E-state index contributed by atoms with van der Waals surface area (Å²) < 4.78 is 41.3. The van der Waals surface area contributed by atoms with Crippen LogP contribution < -0.4 is 20.1 Å². The third kappa shape index (κ3) is 7.76. The second-order valence-corrected chi connectivity index (χ2v) is 18.3. The zero-order valence-corrected chi connectivity index (χ0v) is 31.6. The average molecular weight is 742 g/mol. The fourth-order valence-electron chi connectivity index (χ4n) is 7.04. The molecule has 15 nitrogen and oxygen atoms in total. The van der Waals surface area contributed by atoms with Gasteiger partial charge in [-0.15, -0.1) is 0 Å². The smallest absolute Gasteiger partial charge is 0.408 e. The Morgan fingerprint density at radius 2 is 1.88 bits per heavy atom. The molecule has 2 aromatic heterocycles. The van der Waals surface area contributed by atoms with E-state index in [9.17, 15) is 27.6 Å². The summed E-state index contributed by atoms with van der Waals surface area (Å²) in [5, 5.41) is 5.63. The minimum Gasteiger partial charge on any atom is -0.459 e. The summed E-state index contributed by atoms with van der Waals surface area (Å²) in [7, 11) is -3.98. The molecule has 4 heterocycles. The van der Waals surface area contributed by atoms with Gasteiger partial charge >= 0.3 is 6.09 Å². The van der Waals surface area contributed by atoms with Crippen molar-refractivity contribution in [3.63, 3.8) is 0 Å². The van der Waals surface area contributed by atoms with E-state index in [-0.39, 0.29) is 31.4 Å². The van der Waals surface area contributed by atoms with E-state index in [0.717, 1.165) is 18.4 Å². The Kier molecular flexibility index (Phi) is 10.1. The molecular formula is C36H51N7O8S. The summed E-state index contributed by atoms with van der Waals surface area (Å²) >= 11 is 0. The number of fused-ring (bicyclic) bond motifs is 3. The number of pyridine rings is 1. The predicted molar refractivity (Wildman–Crippen MR) is 192 cm³/mol. The van der Waals surface area contributed by atoms with Crippen LogP contribution in [-0.4, -0.2) is 92.3 Å². The molecule has 4 amide bonds. The lowest BCUT2D eigenvalue weighted by Crippen LogP contribution is -2.58. The standard InChI is InChI=1S/C36H51N7O8S/c1-22(2)43-26-15-12-18-37-28(26)39-32(43)50-24-19-27-29(44)40-36(31(46)41-52(48,49)35(6)16-17-35)20-23(36)13-10-8-7-9-11-14-25(30(45)42(27)21-24)38-33(47)51-34(3,4)5/h10,12-13,15,18,22-25,27H,7-9,11,14,16-17,19-21H2,1-6H3,(H,38,47)(H,40,44)(H,41,46). The number of imidazole rings is 1. The molecule has 0 radical (unpaired) electrons. The number of alkyl carbamates (subject to hydrolysis) is 1. The van der Waals surface area contributed by atoms with Gasteiger partial charge in [-0.2, -0.15) is 4.98 Å². The fraction of sp³-hybridized carbons (Fsp3) is 0.667. The van der Waals surface area contributed by atoms with Crippen molar-refractivity contribution in [1.82, 2.24) is 34.8 Å². The maximum Gasteiger partial charge on any atom is 0.408 e. The van der Waals surface area contributed by atoms with Gasteiger partial charge in [-0.05, 0) is 92.2 Å². The highest BCUT2D eigenvalue weighted by Crippen LogP contribution is 2.47. The van der Waals surface area contributed by atoms with Gasteiger partial charge in [-0.25, -0.2) is 18.2 Å². The van der Waals surface area contributed by atoms with E-state index in [2.05, 4.69) is 25.3 Å². The fourth-order valence-corrected chi connectivity index (χ4v) is 8.35. The molecule has 1 saturated heterocycles. The van der Waals surface area contributed by atoms with Crippen molar-refractivity contribution in [1.29, 1.82) is 0 Å². The molecule has 284 valence electrons. The van der Waals surface area contributed by atoms with E-state index in [0.29, 0.717) is 37.8 Å². The molecule has 6 rings (SSSR count). The molecule has 2 aliphatic carbocycles. The number of carbonyl (C=O) groups excluding carboxylic acids is 4. The minimum atomic E-state index is -3.98. The molecule has 3 fully saturated rings. The normalized spacial score (nSPS) is 27.9. The van der Waals surface area contributed by atoms with E-state index in [1.54, 1.807) is 33.9 Å². The molecule has 3 N–H and O–H groups in total. The summed E-state index contributed by atoms with van der Waals surface area (Å²) in [4.78, 5) is 66.0. The van der Waals surface area contributed by atoms with Gasteiger partial charge in [0, 0.05) is 24.6 Å². The highest BCUT2D eigenvalue weighted by atomic mass is 32.2. The molecular weight excluding hydrogens is 691 g/mol. The number of amides is 4. The van der Waals surface area contributed by atoms with Crippen LogP contribution in [0.4, 0.5) is 4.79 Å². The van der Waals surface area contributed by atoms with Crippen molar-refractivity contribution in [2.24, 2.45) is 5.92 Å². The number of sulfonamides is 1. The summed E-state index contributed by atoms with van der Waals surface area (Å²) in [5.74, 6) is -2.33. The first-order valence-corrected chi connectivity index (χ1v) is 19.8. The highest BCUT2D eigenvalue weighted by Gasteiger charge is 2.63. The van der Waals surface area contributed by atoms with E-state index < -0.39 is 73.8 Å². The van der Waals surface area contributed by atoms with E-state index in [4.69, 9.17) is 9.47 Å². The van der Waals surface area contributed by atoms with Crippen molar-refractivity contribution in [2.75, 3.05) is 6.54 Å². The summed E-state index contributed by atoms with van der Waals surface area (Å²) in [5.41, 5.74) is -1.05. The Hall–Kier alpha value is -4.21. The van der Waals surface area contributed by atoms with Crippen molar-refractivity contribution in [3.05, 3.63) is 30.5 Å². The summed E-state index contributed by atoms with van der Waals surface area (Å²) in [6.07, 6.45) is 8.37. The zero-order chi connectivity index (χ0) is 37.6. The molecule has 4 aliphatic rings. The van der Waals surface area contributed by atoms with Gasteiger partial charge in [0.2, 0.25) is 21.8 Å². The van der Waals surface area contributed by atoms with Gasteiger partial charge in [0.25, 0.3) is 11.9 Å². The Labute approximate surface area is 304 Å². The molecule has 0 bridgehead atoms. The van der Waals surface area contributed by atoms with Crippen LogP contribution in [0.15, 0.2) is 30.5 Å². The number of carbonyl (C=O) groups is 4. The van der Waals surface area contributed by atoms with Crippen molar-refractivity contribution >= 4 is 45.0 Å². The lowest BCUT2D eigenvalue weighted by atomic mass is 10.0. The molecule has 2 aliphatic heterocycles. The Morgan fingerprint density at radius 3 is 2.58 bits per heavy atom. The van der Waals surface area contributed by atoms with Crippen LogP contribution in [0.1, 0.15) is 105 Å². The minimum absolute atomic E-state index is 0.00654. The zero-order valence-electron chi connectivity index (χ0n) is 30.8. The monoisotopic (exact) mass is 741 g/mol. The second kappa shape index (κ2) is 14.0. The van der Waals surface area contributed by atoms with Crippen molar-refractivity contribution in [2.45, 2.75) is 139 Å². The SMILES string of the molecule is CC(C)n1c(OC2CC3C(=O)NC4(C(=O)NS(=O)(=O)C5(C)CC5)CC4C=CCCCCCC(NC(=O)OC(C)(C)C)C(=O)N3C2)nc2ncccc21. The van der Waals surface area contributed by atoms with Crippen LogP contribution in [0.5, 0.6) is 6.01 Å². The Morgan fingerprint density at radius 1 is 1.13 bits per heavy atom. The quantitative estimate of drug-likeness (QED) is 0.353. The van der Waals surface area contributed by atoms with Crippen LogP contribution in [0.25, 0.3) is 11.2 Å². The number of nitrogens with zero attached hydrogens (tertiary/aromatic N) is 4. The number of hydrogen-bond acceptors (Lipinski definition) is 10. The molecule has 0 spiro atoms. The van der Waals surface area contributed by atoms with Gasteiger partial charge in [-0.1, -0.05) is 25.0 Å². The van der Waals surface area contributed by atoms with Crippen LogP contribution in [0.2, 0.25) is 0 Å². The van der Waals surface area contributed by atoms with Gasteiger partial charge in [0.1, 0.15) is 29.3 Å². The van der Waals surface area contributed by atoms with Crippen LogP contribution in [-0.2, 0) is 29.1 Å². The number of ether oxygens (including phenoxy) is 2. The predicted octanol–water partition coefficient (Wildman–Crippen LogP) is 3.65. The third-order valence-corrected chi connectivity index (χ3v) is 12.5. The topological polar surface area (TPSA) is 191 Å². The first-order chi connectivity index (χ1) is 24.4. The number of rotatable bonds is 7. The molecule has 0 aromatic carbocycles. The summed E-state index contributed by atoms with van der Waals surface area (Å²) in [6.45, 7) is 10.7. The average Bonchev–Trinajstić information content (AvgIpc) is 3.87. The Bertz CT molecular complexity index is 1860. The van der Waals surface area contributed by atoms with Crippen LogP contribution >= 0.6 is 0 Å². The molecule has 2 saturated carbocycles. The van der Waals surface area contributed by atoms with Gasteiger partial charge in [-0.3, -0.25) is 23.7 Å². The number of aromatic nitrogens is 3. The number of allylic oxidation sites excluding steroid dienone is 1. The first kappa shape index (κ1) is 37.5. The van der Waals surface area contributed by atoms with Crippen molar-refractivity contribution in [3.8, 4) is 6.01 Å². The van der Waals surface area contributed by atoms with Gasteiger partial charge in [0.15, 0.2) is 5.65 Å². The first-order valence-electron chi connectivity index (χ1n) is 18.3. The lowest BCUT2D eigenvalue weighted by molar-refractivity contribution is -0.141. The van der Waals surface area contributed by atoms with E-state index in [1.165, 1.54) is 4.90 Å². The van der Waals surface area contributed by atoms with E-state index in [1.807, 2.05) is 42.7 Å². The maximum absolute atomic E-state index is 14.5. The summed E-state index contributed by atoms with van der Waals surface area (Å²) in [6, 6.07) is 1.84. The second-order valence-electron chi connectivity index (χ2n) is 16.1.